The molecule has 1 nitrogen and oxygen atoms in total. The van der Waals surface area contributed by atoms with E-state index in [1.165, 1.54) is 18.2 Å². The number of hydrogen-bond donors (Lipinski definition) is 1. The molecule has 0 amide bonds. The van der Waals surface area contributed by atoms with Crippen molar-refractivity contribution in [3.8, 4) is 0 Å². The Labute approximate surface area is 95.7 Å². The SMILES string of the molecule is CC(C)CC(N)CCc1c(F)cccc1F. The summed E-state index contributed by atoms with van der Waals surface area (Å²) >= 11 is 0. The summed E-state index contributed by atoms with van der Waals surface area (Å²) in [5, 5.41) is 0. The van der Waals surface area contributed by atoms with Crippen LogP contribution in [-0.4, -0.2) is 6.04 Å². The van der Waals surface area contributed by atoms with Crippen LogP contribution in [0.4, 0.5) is 8.78 Å². The van der Waals surface area contributed by atoms with Crippen molar-refractivity contribution < 1.29 is 8.78 Å². The molecule has 3 heteroatoms. The summed E-state index contributed by atoms with van der Waals surface area (Å²) < 4.78 is 26.6. The fourth-order valence-corrected chi connectivity index (χ4v) is 1.82. The van der Waals surface area contributed by atoms with Crippen LogP contribution in [-0.2, 0) is 6.42 Å². The monoisotopic (exact) mass is 227 g/mol. The Morgan fingerprint density at radius 3 is 2.25 bits per heavy atom. The van der Waals surface area contributed by atoms with Crippen molar-refractivity contribution in [1.29, 1.82) is 0 Å². The molecule has 0 saturated heterocycles. The summed E-state index contributed by atoms with van der Waals surface area (Å²) in [6.45, 7) is 4.17. The molecule has 0 bridgehead atoms. The van der Waals surface area contributed by atoms with Gasteiger partial charge in [-0.1, -0.05) is 19.9 Å². The van der Waals surface area contributed by atoms with Gasteiger partial charge >= 0.3 is 0 Å². The molecule has 0 heterocycles. The Balaban J connectivity index is 2.54. The van der Waals surface area contributed by atoms with Gasteiger partial charge in [-0.2, -0.15) is 0 Å². The summed E-state index contributed by atoms with van der Waals surface area (Å²) in [4.78, 5) is 0. The lowest BCUT2D eigenvalue weighted by Crippen LogP contribution is -2.23. The summed E-state index contributed by atoms with van der Waals surface area (Å²) in [7, 11) is 0. The molecule has 0 aliphatic rings. The second kappa shape index (κ2) is 5.94. The van der Waals surface area contributed by atoms with Crippen LogP contribution in [0.2, 0.25) is 0 Å². The highest BCUT2D eigenvalue weighted by Gasteiger charge is 2.11. The van der Waals surface area contributed by atoms with Crippen LogP contribution in [0.3, 0.4) is 0 Å². The van der Waals surface area contributed by atoms with Gasteiger partial charge in [-0.25, -0.2) is 8.78 Å². The Morgan fingerprint density at radius 1 is 1.19 bits per heavy atom. The first kappa shape index (κ1) is 13.1. The van der Waals surface area contributed by atoms with Crippen molar-refractivity contribution in [3.63, 3.8) is 0 Å². The first-order valence-electron chi connectivity index (χ1n) is 5.69. The van der Waals surface area contributed by atoms with Gasteiger partial charge in [0.1, 0.15) is 11.6 Å². The van der Waals surface area contributed by atoms with E-state index in [0.717, 1.165) is 6.42 Å². The van der Waals surface area contributed by atoms with E-state index in [2.05, 4.69) is 13.8 Å². The van der Waals surface area contributed by atoms with Crippen molar-refractivity contribution >= 4 is 0 Å². The third kappa shape index (κ3) is 3.89. The van der Waals surface area contributed by atoms with E-state index >= 15 is 0 Å². The van der Waals surface area contributed by atoms with E-state index in [1.807, 2.05) is 0 Å². The summed E-state index contributed by atoms with van der Waals surface area (Å²) in [6, 6.07) is 3.96. The molecule has 1 unspecified atom stereocenters. The van der Waals surface area contributed by atoms with E-state index in [0.29, 0.717) is 18.8 Å². The molecule has 0 fully saturated rings. The largest absolute Gasteiger partial charge is 0.328 e. The van der Waals surface area contributed by atoms with Gasteiger partial charge < -0.3 is 5.73 Å². The summed E-state index contributed by atoms with van der Waals surface area (Å²) in [5.74, 6) is -0.436. The molecule has 16 heavy (non-hydrogen) atoms. The Kier molecular flexibility index (Phi) is 4.87. The number of hydrogen-bond acceptors (Lipinski definition) is 1. The Morgan fingerprint density at radius 2 is 1.75 bits per heavy atom. The third-order valence-electron chi connectivity index (χ3n) is 2.60. The van der Waals surface area contributed by atoms with Crippen LogP contribution in [0.15, 0.2) is 18.2 Å². The van der Waals surface area contributed by atoms with Gasteiger partial charge in [0.25, 0.3) is 0 Å². The van der Waals surface area contributed by atoms with E-state index < -0.39 is 11.6 Å². The van der Waals surface area contributed by atoms with Crippen LogP contribution in [0.5, 0.6) is 0 Å². The average Bonchev–Trinajstić information content (AvgIpc) is 2.15. The fraction of sp³-hybridized carbons (Fsp3) is 0.538. The molecule has 0 aliphatic heterocycles. The van der Waals surface area contributed by atoms with E-state index in [-0.39, 0.29) is 11.6 Å². The average molecular weight is 227 g/mol. The normalized spacial score (nSPS) is 13.1. The first-order valence-corrected chi connectivity index (χ1v) is 5.69. The molecular weight excluding hydrogens is 208 g/mol. The molecule has 1 aromatic carbocycles. The molecule has 2 N–H and O–H groups in total. The Hall–Kier alpha value is -0.960. The highest BCUT2D eigenvalue weighted by atomic mass is 19.1. The maximum atomic E-state index is 13.3. The predicted octanol–water partition coefficient (Wildman–Crippen LogP) is 3.27. The van der Waals surface area contributed by atoms with Gasteiger partial charge in [-0.15, -0.1) is 0 Å². The molecule has 0 aliphatic carbocycles. The van der Waals surface area contributed by atoms with E-state index in [1.54, 1.807) is 0 Å². The minimum atomic E-state index is -0.475. The van der Waals surface area contributed by atoms with Gasteiger partial charge in [0.15, 0.2) is 0 Å². The minimum Gasteiger partial charge on any atom is -0.328 e. The maximum absolute atomic E-state index is 13.3. The molecule has 1 rings (SSSR count). The quantitative estimate of drug-likeness (QED) is 0.820. The van der Waals surface area contributed by atoms with Crippen molar-refractivity contribution in [2.45, 2.75) is 39.2 Å². The van der Waals surface area contributed by atoms with Crippen molar-refractivity contribution in [2.24, 2.45) is 11.7 Å². The van der Waals surface area contributed by atoms with Crippen molar-refractivity contribution in [1.82, 2.24) is 0 Å². The zero-order valence-electron chi connectivity index (χ0n) is 9.84. The van der Waals surface area contributed by atoms with Crippen molar-refractivity contribution in [2.75, 3.05) is 0 Å². The van der Waals surface area contributed by atoms with Crippen LogP contribution < -0.4 is 5.73 Å². The van der Waals surface area contributed by atoms with Crippen LogP contribution in [0, 0.1) is 17.6 Å². The van der Waals surface area contributed by atoms with Gasteiger partial charge in [-0.3, -0.25) is 0 Å². The molecule has 1 aromatic rings. The second-order valence-corrected chi connectivity index (χ2v) is 4.63. The van der Waals surface area contributed by atoms with Crippen LogP contribution >= 0.6 is 0 Å². The summed E-state index contributed by atoms with van der Waals surface area (Å²) in [5.41, 5.74) is 6.03. The lowest BCUT2D eigenvalue weighted by Gasteiger charge is -2.14. The van der Waals surface area contributed by atoms with E-state index in [4.69, 9.17) is 5.73 Å². The minimum absolute atomic E-state index is 0.0130. The van der Waals surface area contributed by atoms with Gasteiger partial charge in [0.05, 0.1) is 0 Å². The number of rotatable bonds is 5. The summed E-state index contributed by atoms with van der Waals surface area (Å²) in [6.07, 6.45) is 1.87. The third-order valence-corrected chi connectivity index (χ3v) is 2.60. The zero-order valence-corrected chi connectivity index (χ0v) is 9.84. The highest BCUT2D eigenvalue weighted by Crippen LogP contribution is 2.16. The fourth-order valence-electron chi connectivity index (χ4n) is 1.82. The number of halogens is 2. The van der Waals surface area contributed by atoms with Crippen LogP contribution in [0.1, 0.15) is 32.3 Å². The lowest BCUT2D eigenvalue weighted by atomic mass is 9.98. The van der Waals surface area contributed by atoms with Crippen LogP contribution in [0.25, 0.3) is 0 Å². The Bertz CT molecular complexity index is 316. The number of benzene rings is 1. The molecule has 0 radical (unpaired) electrons. The lowest BCUT2D eigenvalue weighted by molar-refractivity contribution is 0.463. The van der Waals surface area contributed by atoms with Gasteiger partial charge in [0.2, 0.25) is 0 Å². The van der Waals surface area contributed by atoms with Gasteiger partial charge in [-0.05, 0) is 37.3 Å². The van der Waals surface area contributed by atoms with Gasteiger partial charge in [0, 0.05) is 11.6 Å². The predicted molar refractivity (Wildman–Crippen MR) is 62.1 cm³/mol. The number of nitrogens with two attached hydrogens (primary N) is 1. The zero-order chi connectivity index (χ0) is 12.1. The molecule has 0 spiro atoms. The molecule has 0 aromatic heterocycles. The molecule has 90 valence electrons. The van der Waals surface area contributed by atoms with Crippen molar-refractivity contribution in [3.05, 3.63) is 35.4 Å². The maximum Gasteiger partial charge on any atom is 0.129 e. The molecule has 1 atom stereocenters. The molecular formula is C13H19F2N. The standard InChI is InChI=1S/C13H19F2N/c1-9(2)8-10(16)6-7-11-12(14)4-3-5-13(11)15/h3-5,9-10H,6-8,16H2,1-2H3. The second-order valence-electron chi connectivity index (χ2n) is 4.63. The highest BCUT2D eigenvalue weighted by molar-refractivity contribution is 5.19. The van der Waals surface area contributed by atoms with E-state index in [9.17, 15) is 8.78 Å². The topological polar surface area (TPSA) is 26.0 Å². The first-order chi connectivity index (χ1) is 7.50. The smallest absolute Gasteiger partial charge is 0.129 e. The molecule has 0 saturated carbocycles.